The van der Waals surface area contributed by atoms with Crippen molar-refractivity contribution in [1.82, 2.24) is 9.80 Å². The van der Waals surface area contributed by atoms with E-state index >= 15 is 0 Å². The van der Waals surface area contributed by atoms with E-state index in [9.17, 15) is 5.11 Å². The van der Waals surface area contributed by atoms with Crippen molar-refractivity contribution in [2.75, 3.05) is 26.2 Å². The van der Waals surface area contributed by atoms with E-state index in [4.69, 9.17) is 0 Å². The molecule has 0 saturated carbocycles. The topological polar surface area (TPSA) is 26.7 Å². The smallest absolute Gasteiger partial charge is 0.120 e. The Morgan fingerprint density at radius 1 is 1.10 bits per heavy atom. The van der Waals surface area contributed by atoms with Gasteiger partial charge in [0.1, 0.15) is 5.75 Å². The summed E-state index contributed by atoms with van der Waals surface area (Å²) < 4.78 is 1.04. The van der Waals surface area contributed by atoms with Crippen molar-refractivity contribution in [3.63, 3.8) is 0 Å². The molecule has 1 aromatic rings. The fraction of sp³-hybridized carbons (Fsp3) is 0.625. The van der Waals surface area contributed by atoms with Gasteiger partial charge >= 0.3 is 0 Å². The third-order valence-electron chi connectivity index (χ3n) is 4.65. The first-order valence-corrected chi connectivity index (χ1v) is 8.45. The molecular weight excluding hydrogens is 316 g/mol. The van der Waals surface area contributed by atoms with Gasteiger partial charge in [-0.1, -0.05) is 15.9 Å². The summed E-state index contributed by atoms with van der Waals surface area (Å²) in [5.41, 5.74) is 1.03. The van der Waals surface area contributed by atoms with Crippen molar-refractivity contribution in [2.45, 2.75) is 38.3 Å². The summed E-state index contributed by atoms with van der Waals surface area (Å²) >= 11 is 3.48. The van der Waals surface area contributed by atoms with Crippen LogP contribution in [0.15, 0.2) is 22.7 Å². The highest BCUT2D eigenvalue weighted by atomic mass is 79.9. The van der Waals surface area contributed by atoms with E-state index in [1.807, 2.05) is 12.1 Å². The number of benzene rings is 1. The molecule has 20 heavy (non-hydrogen) atoms. The maximum atomic E-state index is 9.93. The first-order chi connectivity index (χ1) is 9.72. The molecule has 0 aliphatic carbocycles. The molecular formula is C16H23BrN2O. The van der Waals surface area contributed by atoms with Crippen LogP contribution in [0.3, 0.4) is 0 Å². The molecule has 2 saturated heterocycles. The maximum Gasteiger partial charge on any atom is 0.120 e. The average Bonchev–Trinajstić information content (AvgIpc) is 2.98. The average molecular weight is 339 g/mol. The molecule has 3 rings (SSSR count). The van der Waals surface area contributed by atoms with Gasteiger partial charge < -0.3 is 10.0 Å². The van der Waals surface area contributed by atoms with Crippen molar-refractivity contribution in [3.05, 3.63) is 28.2 Å². The lowest BCUT2D eigenvalue weighted by Crippen LogP contribution is -2.43. The Hall–Kier alpha value is -0.580. The summed E-state index contributed by atoms with van der Waals surface area (Å²) in [6.07, 6.45) is 5.31. The van der Waals surface area contributed by atoms with Crippen LogP contribution in [-0.2, 0) is 6.54 Å². The molecule has 110 valence electrons. The number of hydrogen-bond acceptors (Lipinski definition) is 3. The number of phenols is 1. The van der Waals surface area contributed by atoms with Gasteiger partial charge in [0.15, 0.2) is 0 Å². The Kier molecular flexibility index (Phi) is 4.64. The van der Waals surface area contributed by atoms with Crippen LogP contribution in [0.1, 0.15) is 31.2 Å². The second-order valence-corrected chi connectivity index (χ2v) is 6.94. The van der Waals surface area contributed by atoms with Crippen LogP contribution in [0.25, 0.3) is 0 Å². The van der Waals surface area contributed by atoms with Gasteiger partial charge in [-0.05, 0) is 70.1 Å². The second kappa shape index (κ2) is 6.46. The standard InChI is InChI=1S/C16H23BrN2O/c17-14-3-4-16(20)13(11-14)12-18-9-5-15(6-10-18)19-7-1-2-8-19/h3-4,11,15,20H,1-2,5-10,12H2. The first-order valence-electron chi connectivity index (χ1n) is 7.66. The monoisotopic (exact) mass is 338 g/mol. The van der Waals surface area contributed by atoms with Crippen LogP contribution < -0.4 is 0 Å². The Bertz CT molecular complexity index is 452. The van der Waals surface area contributed by atoms with E-state index in [2.05, 4.69) is 25.7 Å². The van der Waals surface area contributed by atoms with Crippen molar-refractivity contribution in [1.29, 1.82) is 0 Å². The quantitative estimate of drug-likeness (QED) is 0.916. The van der Waals surface area contributed by atoms with E-state index in [1.165, 1.54) is 38.8 Å². The van der Waals surface area contributed by atoms with Crippen molar-refractivity contribution in [2.24, 2.45) is 0 Å². The normalized spacial score (nSPS) is 22.4. The minimum Gasteiger partial charge on any atom is -0.508 e. The molecule has 1 N–H and O–H groups in total. The summed E-state index contributed by atoms with van der Waals surface area (Å²) in [6, 6.07) is 6.49. The number of aromatic hydroxyl groups is 1. The lowest BCUT2D eigenvalue weighted by atomic mass is 10.0. The Morgan fingerprint density at radius 2 is 1.80 bits per heavy atom. The Morgan fingerprint density at radius 3 is 2.50 bits per heavy atom. The molecule has 0 atom stereocenters. The second-order valence-electron chi connectivity index (χ2n) is 6.02. The first kappa shape index (κ1) is 14.4. The van der Waals surface area contributed by atoms with Gasteiger partial charge in [-0.2, -0.15) is 0 Å². The van der Waals surface area contributed by atoms with Gasteiger partial charge in [-0.15, -0.1) is 0 Å². The molecule has 0 amide bonds. The number of likely N-dealkylation sites (tertiary alicyclic amines) is 2. The summed E-state index contributed by atoms with van der Waals surface area (Å²) in [4.78, 5) is 5.14. The van der Waals surface area contributed by atoms with E-state index < -0.39 is 0 Å². The van der Waals surface area contributed by atoms with E-state index in [-0.39, 0.29) is 0 Å². The molecule has 0 unspecified atom stereocenters. The van der Waals surface area contributed by atoms with Crippen LogP contribution in [0, 0.1) is 0 Å². The molecule has 0 spiro atoms. The number of piperidine rings is 1. The van der Waals surface area contributed by atoms with Crippen LogP contribution in [0.5, 0.6) is 5.75 Å². The molecule has 2 fully saturated rings. The molecule has 2 aliphatic rings. The molecule has 0 bridgehead atoms. The van der Waals surface area contributed by atoms with E-state index in [1.54, 1.807) is 6.07 Å². The number of phenolic OH excluding ortho intramolecular Hbond substituents is 1. The summed E-state index contributed by atoms with van der Waals surface area (Å²) in [6.45, 7) is 5.76. The SMILES string of the molecule is Oc1ccc(Br)cc1CN1CCC(N2CCCC2)CC1. The molecule has 2 heterocycles. The molecule has 4 heteroatoms. The number of halogens is 1. The molecule has 1 aromatic carbocycles. The fourth-order valence-corrected chi connectivity index (χ4v) is 3.88. The minimum atomic E-state index is 0.412. The van der Waals surface area contributed by atoms with Gasteiger partial charge in [0.2, 0.25) is 0 Å². The van der Waals surface area contributed by atoms with Gasteiger partial charge in [-0.3, -0.25) is 4.90 Å². The fourth-order valence-electron chi connectivity index (χ4n) is 3.47. The zero-order chi connectivity index (χ0) is 13.9. The molecule has 2 aliphatic heterocycles. The van der Waals surface area contributed by atoms with Crippen molar-refractivity contribution >= 4 is 15.9 Å². The Labute approximate surface area is 129 Å². The predicted octanol–water partition coefficient (Wildman–Crippen LogP) is 3.21. The van der Waals surface area contributed by atoms with Crippen LogP contribution in [0.2, 0.25) is 0 Å². The predicted molar refractivity (Wildman–Crippen MR) is 84.9 cm³/mol. The zero-order valence-electron chi connectivity index (χ0n) is 11.9. The molecule has 0 aromatic heterocycles. The van der Waals surface area contributed by atoms with Gasteiger partial charge in [0.05, 0.1) is 0 Å². The van der Waals surface area contributed by atoms with Crippen LogP contribution in [0.4, 0.5) is 0 Å². The van der Waals surface area contributed by atoms with E-state index in [0.717, 1.165) is 35.7 Å². The Balaban J connectivity index is 1.54. The summed E-state index contributed by atoms with van der Waals surface area (Å²) in [7, 11) is 0. The zero-order valence-corrected chi connectivity index (χ0v) is 13.5. The molecule has 0 radical (unpaired) electrons. The number of hydrogen-bond donors (Lipinski definition) is 1. The van der Waals surface area contributed by atoms with Gasteiger partial charge in [-0.25, -0.2) is 0 Å². The van der Waals surface area contributed by atoms with Crippen LogP contribution >= 0.6 is 15.9 Å². The summed E-state index contributed by atoms with van der Waals surface area (Å²) in [5, 5.41) is 9.93. The highest BCUT2D eigenvalue weighted by molar-refractivity contribution is 9.10. The third kappa shape index (κ3) is 3.35. The highest BCUT2D eigenvalue weighted by Crippen LogP contribution is 2.26. The van der Waals surface area contributed by atoms with Crippen molar-refractivity contribution < 1.29 is 5.11 Å². The summed E-state index contributed by atoms with van der Waals surface area (Å²) in [5.74, 6) is 0.412. The minimum absolute atomic E-state index is 0.412. The largest absolute Gasteiger partial charge is 0.508 e. The lowest BCUT2D eigenvalue weighted by molar-refractivity contribution is 0.122. The lowest BCUT2D eigenvalue weighted by Gasteiger charge is -2.36. The third-order valence-corrected chi connectivity index (χ3v) is 5.14. The maximum absolute atomic E-state index is 9.93. The van der Waals surface area contributed by atoms with Crippen molar-refractivity contribution in [3.8, 4) is 5.75 Å². The number of rotatable bonds is 3. The van der Waals surface area contributed by atoms with Gasteiger partial charge in [0, 0.05) is 22.6 Å². The van der Waals surface area contributed by atoms with E-state index in [0.29, 0.717) is 5.75 Å². The number of nitrogens with zero attached hydrogens (tertiary/aromatic N) is 2. The highest BCUT2D eigenvalue weighted by Gasteiger charge is 2.26. The van der Waals surface area contributed by atoms with Gasteiger partial charge in [0.25, 0.3) is 0 Å². The van der Waals surface area contributed by atoms with Crippen LogP contribution in [-0.4, -0.2) is 47.1 Å². The molecule has 3 nitrogen and oxygen atoms in total.